The van der Waals surface area contributed by atoms with Crippen molar-refractivity contribution in [3.05, 3.63) is 0 Å². The van der Waals surface area contributed by atoms with Gasteiger partial charge in [0.2, 0.25) is 0 Å². The van der Waals surface area contributed by atoms with Gasteiger partial charge in [-0.25, -0.2) is 0 Å². The molecule has 0 aromatic rings. The summed E-state index contributed by atoms with van der Waals surface area (Å²) in [6.07, 6.45) is 14.8. The van der Waals surface area contributed by atoms with Crippen molar-refractivity contribution in [2.75, 3.05) is 0 Å². The lowest BCUT2D eigenvalue weighted by molar-refractivity contribution is -0.207. The van der Waals surface area contributed by atoms with Crippen LogP contribution in [0.5, 0.6) is 0 Å². The van der Waals surface area contributed by atoms with Crippen molar-refractivity contribution in [3.63, 3.8) is 0 Å². The molecule has 0 amide bonds. The molecule has 5 nitrogen and oxygen atoms in total. The molecule has 0 saturated heterocycles. The van der Waals surface area contributed by atoms with E-state index in [2.05, 4.69) is 20.8 Å². The lowest BCUT2D eigenvalue weighted by Gasteiger charge is -2.67. The van der Waals surface area contributed by atoms with Gasteiger partial charge in [-0.1, -0.05) is 41.0 Å². The molecule has 12 atom stereocenters. The highest BCUT2D eigenvalue weighted by Crippen LogP contribution is 2.71. The lowest BCUT2D eigenvalue weighted by Crippen LogP contribution is -2.61. The van der Waals surface area contributed by atoms with E-state index in [4.69, 9.17) is 4.74 Å². The Morgan fingerprint density at radius 3 is 2.18 bits per heavy atom. The van der Waals surface area contributed by atoms with Crippen LogP contribution >= 0.6 is 0 Å². The first-order valence-electron chi connectivity index (χ1n) is 15.8. The maximum Gasteiger partial charge on any atom is 0.309 e. The molecule has 0 aliphatic heterocycles. The molecular weight excluding hydrogens is 476 g/mol. The molecule has 6 fully saturated rings. The molecule has 12 unspecified atom stereocenters. The summed E-state index contributed by atoms with van der Waals surface area (Å²) in [5, 5.41) is 9.48. The number of hydrogen-bond donors (Lipinski definition) is 1. The van der Waals surface area contributed by atoms with E-state index in [0.717, 1.165) is 37.5 Å². The smallest absolute Gasteiger partial charge is 0.309 e. The Labute approximate surface area is 229 Å². The number of ether oxygens (including phenoxy) is 1. The molecule has 0 spiro atoms. The van der Waals surface area contributed by atoms with Gasteiger partial charge in [-0.05, 0) is 122 Å². The van der Waals surface area contributed by atoms with Gasteiger partial charge in [-0.3, -0.25) is 9.59 Å². The third-order valence-corrected chi connectivity index (χ3v) is 14.5. The van der Waals surface area contributed by atoms with E-state index in [1.165, 1.54) is 51.2 Å². The first-order chi connectivity index (χ1) is 17.9. The van der Waals surface area contributed by atoms with Crippen LogP contribution in [-0.2, 0) is 19.1 Å². The predicted molar refractivity (Wildman–Crippen MR) is 145 cm³/mol. The molecule has 5 heteroatoms. The number of carboxylic acids is 1. The number of rotatable bonds is 4. The number of hydrogen-bond acceptors (Lipinski definition) is 4. The van der Waals surface area contributed by atoms with E-state index < -0.39 is 17.3 Å². The van der Waals surface area contributed by atoms with Gasteiger partial charge in [-0.15, -0.1) is 0 Å². The first-order valence-corrected chi connectivity index (χ1v) is 15.8. The third-order valence-electron chi connectivity index (χ3n) is 14.5. The zero-order valence-corrected chi connectivity index (χ0v) is 24.3. The average molecular weight is 527 g/mol. The number of carbonyl (C=O) groups is 3. The fraction of sp³-hybridized carbons (Fsp3) is 0.909. The molecule has 6 aliphatic carbocycles. The summed E-state index contributed by atoms with van der Waals surface area (Å²) in [6, 6.07) is 0. The van der Waals surface area contributed by atoms with Crippen LogP contribution in [0.4, 0.5) is 0 Å². The fourth-order valence-corrected chi connectivity index (χ4v) is 12.2. The van der Waals surface area contributed by atoms with Crippen molar-refractivity contribution >= 4 is 18.2 Å². The van der Waals surface area contributed by atoms with Crippen molar-refractivity contribution in [2.45, 2.75) is 118 Å². The predicted octanol–water partition coefficient (Wildman–Crippen LogP) is 6.92. The minimum absolute atomic E-state index is 0.0125. The summed E-state index contributed by atoms with van der Waals surface area (Å²) in [4.78, 5) is 37.0. The molecule has 212 valence electrons. The quantitative estimate of drug-likeness (QED) is 0.318. The van der Waals surface area contributed by atoms with E-state index in [1.54, 1.807) is 0 Å². The minimum atomic E-state index is -0.802. The second kappa shape index (κ2) is 8.80. The van der Waals surface area contributed by atoms with Crippen molar-refractivity contribution in [1.82, 2.24) is 0 Å². The van der Waals surface area contributed by atoms with Crippen molar-refractivity contribution in [3.8, 4) is 0 Å². The molecular formula is C33H50O5. The maximum atomic E-state index is 13.2. The van der Waals surface area contributed by atoms with E-state index in [-0.39, 0.29) is 28.8 Å². The van der Waals surface area contributed by atoms with Gasteiger partial charge in [0.1, 0.15) is 12.4 Å². The normalized spacial score (nSPS) is 52.8. The van der Waals surface area contributed by atoms with Crippen LogP contribution in [0.2, 0.25) is 0 Å². The average Bonchev–Trinajstić information content (AvgIpc) is 3.30. The molecule has 0 heterocycles. The third kappa shape index (κ3) is 3.51. The van der Waals surface area contributed by atoms with Gasteiger partial charge in [0.15, 0.2) is 0 Å². The molecule has 6 saturated carbocycles. The maximum absolute atomic E-state index is 13.2. The fourth-order valence-electron chi connectivity index (χ4n) is 12.2. The van der Waals surface area contributed by atoms with Crippen molar-refractivity contribution in [1.29, 1.82) is 0 Å². The van der Waals surface area contributed by atoms with Crippen LogP contribution in [0.25, 0.3) is 0 Å². The largest absolute Gasteiger partial charge is 0.481 e. The van der Waals surface area contributed by atoms with Crippen LogP contribution in [-0.4, -0.2) is 29.4 Å². The van der Waals surface area contributed by atoms with Gasteiger partial charge in [0.05, 0.1) is 11.8 Å². The van der Waals surface area contributed by atoms with Crippen LogP contribution in [0.15, 0.2) is 0 Å². The van der Waals surface area contributed by atoms with Crippen molar-refractivity contribution < 1.29 is 24.2 Å². The lowest BCUT2D eigenvalue weighted by atomic mass is 9.37. The molecule has 6 rings (SSSR count). The van der Waals surface area contributed by atoms with Crippen LogP contribution in [0.1, 0.15) is 112 Å². The van der Waals surface area contributed by atoms with Gasteiger partial charge < -0.3 is 14.6 Å². The summed E-state index contributed by atoms with van der Waals surface area (Å²) >= 11 is 0. The highest BCUT2D eigenvalue weighted by atomic mass is 16.5. The highest BCUT2D eigenvalue weighted by molar-refractivity contribution is 5.81. The van der Waals surface area contributed by atoms with Gasteiger partial charge in [0.25, 0.3) is 0 Å². The molecule has 6 aliphatic rings. The van der Waals surface area contributed by atoms with Crippen LogP contribution < -0.4 is 0 Å². The Morgan fingerprint density at radius 1 is 0.816 bits per heavy atom. The van der Waals surface area contributed by atoms with Gasteiger partial charge in [-0.2, -0.15) is 0 Å². The molecule has 1 N–H and O–H groups in total. The Morgan fingerprint density at radius 2 is 1.50 bits per heavy atom. The molecule has 0 aromatic carbocycles. The monoisotopic (exact) mass is 526 g/mol. The zero-order valence-electron chi connectivity index (χ0n) is 24.3. The SMILES string of the molecule is CC1C(OC(=O)C2CC(C(=O)O)C2(C)C)CCC2(C)C1CCC1(C)C3CCC4(C=O)CCCC4C3CCC21. The summed E-state index contributed by atoms with van der Waals surface area (Å²) in [7, 11) is 0. The number of carboxylic acid groups (broad SMARTS) is 1. The van der Waals surface area contributed by atoms with E-state index in [1.807, 2.05) is 13.8 Å². The van der Waals surface area contributed by atoms with E-state index in [9.17, 15) is 19.5 Å². The Kier molecular flexibility index (Phi) is 6.21. The Balaban J connectivity index is 1.17. The molecule has 0 bridgehead atoms. The van der Waals surface area contributed by atoms with Crippen LogP contribution in [0, 0.1) is 69.0 Å². The Hall–Kier alpha value is -1.39. The number of carbonyl (C=O) groups excluding carboxylic acids is 2. The summed E-state index contributed by atoms with van der Waals surface area (Å²) in [6.45, 7) is 11.3. The summed E-state index contributed by atoms with van der Waals surface area (Å²) in [5.41, 5.74) is 0.0823. The van der Waals surface area contributed by atoms with Gasteiger partial charge in [0, 0.05) is 5.41 Å². The Bertz CT molecular complexity index is 1000. The second-order valence-electron chi connectivity index (χ2n) is 15.8. The molecule has 0 radical (unpaired) electrons. The summed E-state index contributed by atoms with van der Waals surface area (Å²) in [5.74, 6) is 1.96. The first kappa shape index (κ1) is 26.8. The number of aliphatic carboxylic acids is 1. The van der Waals surface area contributed by atoms with Crippen molar-refractivity contribution in [2.24, 2.45) is 69.0 Å². The second-order valence-corrected chi connectivity index (χ2v) is 15.8. The van der Waals surface area contributed by atoms with Crippen LogP contribution in [0.3, 0.4) is 0 Å². The number of fused-ring (bicyclic) bond motifs is 7. The highest BCUT2D eigenvalue weighted by Gasteiger charge is 2.65. The number of aldehydes is 1. The van der Waals surface area contributed by atoms with E-state index >= 15 is 0 Å². The number of esters is 1. The summed E-state index contributed by atoms with van der Waals surface area (Å²) < 4.78 is 6.22. The molecule has 38 heavy (non-hydrogen) atoms. The van der Waals surface area contributed by atoms with E-state index in [0.29, 0.717) is 35.5 Å². The zero-order chi connectivity index (χ0) is 27.3. The minimum Gasteiger partial charge on any atom is -0.481 e. The topological polar surface area (TPSA) is 80.7 Å². The van der Waals surface area contributed by atoms with Gasteiger partial charge >= 0.3 is 11.9 Å². The molecule has 0 aromatic heterocycles. The standard InChI is InChI=1S/C33H50O5/c1-19-21-10-14-32(5)22-11-16-33(18-34)13-6-7-23(33)20(22)8-9-27(32)31(21,4)15-12-26(19)38-29(37)25-17-24(28(35)36)30(25,2)3/h18-27H,6-17H2,1-5H3,(H,35,36).